The van der Waals surface area contributed by atoms with Crippen molar-refractivity contribution < 1.29 is 14.6 Å². The zero-order valence-corrected chi connectivity index (χ0v) is 8.73. The molecule has 1 N–H and O–H groups in total. The summed E-state index contributed by atoms with van der Waals surface area (Å²) in [4.78, 5) is 13.3. The van der Waals surface area contributed by atoms with Gasteiger partial charge in [-0.25, -0.2) is 4.79 Å². The molecule has 0 aliphatic carbocycles. The van der Waals surface area contributed by atoms with E-state index in [0.29, 0.717) is 6.42 Å². The molecule has 0 aromatic heterocycles. The van der Waals surface area contributed by atoms with Gasteiger partial charge < -0.3 is 14.7 Å². The molecule has 1 aliphatic heterocycles. The van der Waals surface area contributed by atoms with Crippen LogP contribution in [0.2, 0.25) is 0 Å². The Kier molecular flexibility index (Phi) is 2.26. The second kappa shape index (κ2) is 3.46. The van der Waals surface area contributed by atoms with E-state index in [1.165, 1.54) is 7.11 Å². The van der Waals surface area contributed by atoms with Gasteiger partial charge in [0.25, 0.3) is 0 Å². The zero-order valence-electron chi connectivity index (χ0n) is 8.73. The SMILES string of the molecule is COC(=O)C1Cc2cc(O)ccc2N1C. The van der Waals surface area contributed by atoms with E-state index in [1.807, 2.05) is 18.0 Å². The Morgan fingerprint density at radius 3 is 3.00 bits per heavy atom. The Labute approximate surface area is 88.1 Å². The predicted octanol–water partition coefficient (Wildman–Crippen LogP) is 0.926. The molecule has 0 spiro atoms. The van der Waals surface area contributed by atoms with E-state index in [2.05, 4.69) is 0 Å². The van der Waals surface area contributed by atoms with Gasteiger partial charge in [0.1, 0.15) is 11.8 Å². The van der Waals surface area contributed by atoms with E-state index in [0.717, 1.165) is 11.3 Å². The lowest BCUT2D eigenvalue weighted by atomic mass is 10.1. The Morgan fingerprint density at radius 1 is 1.60 bits per heavy atom. The number of carbonyl (C=O) groups is 1. The Morgan fingerprint density at radius 2 is 2.33 bits per heavy atom. The fourth-order valence-electron chi connectivity index (χ4n) is 1.97. The Bertz CT molecular complexity index is 403. The monoisotopic (exact) mass is 207 g/mol. The summed E-state index contributed by atoms with van der Waals surface area (Å²) in [6, 6.07) is 4.85. The molecule has 1 aromatic rings. The molecular weight excluding hydrogens is 194 g/mol. The highest BCUT2D eigenvalue weighted by Gasteiger charge is 2.32. The van der Waals surface area contributed by atoms with Gasteiger partial charge in [0.15, 0.2) is 0 Å². The predicted molar refractivity (Wildman–Crippen MR) is 56.0 cm³/mol. The highest BCUT2D eigenvalue weighted by Crippen LogP contribution is 2.33. The summed E-state index contributed by atoms with van der Waals surface area (Å²) >= 11 is 0. The van der Waals surface area contributed by atoms with Crippen LogP contribution in [0.3, 0.4) is 0 Å². The van der Waals surface area contributed by atoms with Crippen molar-refractivity contribution in [1.29, 1.82) is 0 Å². The molecule has 0 radical (unpaired) electrons. The fourth-order valence-corrected chi connectivity index (χ4v) is 1.97. The summed E-state index contributed by atoms with van der Waals surface area (Å²) < 4.78 is 4.72. The van der Waals surface area contributed by atoms with E-state index in [1.54, 1.807) is 12.1 Å². The van der Waals surface area contributed by atoms with Gasteiger partial charge >= 0.3 is 5.97 Å². The number of hydrogen-bond donors (Lipinski definition) is 1. The first-order chi connectivity index (χ1) is 7.13. The summed E-state index contributed by atoms with van der Waals surface area (Å²) in [6.45, 7) is 0. The van der Waals surface area contributed by atoms with Crippen molar-refractivity contribution in [3.63, 3.8) is 0 Å². The van der Waals surface area contributed by atoms with Crippen molar-refractivity contribution in [3.05, 3.63) is 23.8 Å². The smallest absolute Gasteiger partial charge is 0.328 e. The molecule has 1 unspecified atom stereocenters. The molecule has 1 heterocycles. The van der Waals surface area contributed by atoms with Crippen LogP contribution in [0.5, 0.6) is 5.75 Å². The number of fused-ring (bicyclic) bond motifs is 1. The van der Waals surface area contributed by atoms with Gasteiger partial charge in [0.2, 0.25) is 0 Å². The van der Waals surface area contributed by atoms with Crippen LogP contribution in [-0.4, -0.2) is 31.3 Å². The summed E-state index contributed by atoms with van der Waals surface area (Å²) in [6.07, 6.45) is 0.590. The number of likely N-dealkylation sites (N-methyl/N-ethyl adjacent to an activating group) is 1. The number of methoxy groups -OCH3 is 1. The summed E-state index contributed by atoms with van der Waals surface area (Å²) in [5.41, 5.74) is 1.95. The lowest BCUT2D eigenvalue weighted by molar-refractivity contribution is -0.141. The van der Waals surface area contributed by atoms with Crippen LogP contribution in [0.1, 0.15) is 5.56 Å². The average Bonchev–Trinajstić information content (AvgIpc) is 2.54. The number of hydrogen-bond acceptors (Lipinski definition) is 4. The number of phenolic OH excluding ortho intramolecular Hbond substituents is 1. The normalized spacial score (nSPS) is 18.8. The summed E-state index contributed by atoms with van der Waals surface area (Å²) in [5, 5.41) is 9.33. The molecule has 0 bridgehead atoms. The van der Waals surface area contributed by atoms with Crippen LogP contribution < -0.4 is 4.90 Å². The van der Waals surface area contributed by atoms with Crippen molar-refractivity contribution >= 4 is 11.7 Å². The molecule has 80 valence electrons. The Hall–Kier alpha value is -1.71. The van der Waals surface area contributed by atoms with Gasteiger partial charge in [-0.2, -0.15) is 0 Å². The number of benzene rings is 1. The van der Waals surface area contributed by atoms with Gasteiger partial charge in [-0.3, -0.25) is 0 Å². The average molecular weight is 207 g/mol. The first kappa shape index (κ1) is 9.83. The van der Waals surface area contributed by atoms with Crippen molar-refractivity contribution in [3.8, 4) is 5.75 Å². The van der Waals surface area contributed by atoms with E-state index >= 15 is 0 Å². The maximum Gasteiger partial charge on any atom is 0.328 e. The molecule has 0 saturated carbocycles. The number of carbonyl (C=O) groups excluding carboxylic acids is 1. The minimum absolute atomic E-state index is 0.229. The minimum Gasteiger partial charge on any atom is -0.508 e. The van der Waals surface area contributed by atoms with Crippen molar-refractivity contribution in [2.24, 2.45) is 0 Å². The maximum atomic E-state index is 11.5. The molecule has 0 fully saturated rings. The van der Waals surface area contributed by atoms with Crippen molar-refractivity contribution in [2.45, 2.75) is 12.5 Å². The van der Waals surface area contributed by atoms with Crippen LogP contribution in [0, 0.1) is 0 Å². The van der Waals surface area contributed by atoms with Gasteiger partial charge in [0, 0.05) is 19.2 Å². The maximum absolute atomic E-state index is 11.5. The minimum atomic E-state index is -0.271. The van der Waals surface area contributed by atoms with Crippen molar-refractivity contribution in [2.75, 3.05) is 19.1 Å². The third kappa shape index (κ3) is 1.52. The van der Waals surface area contributed by atoms with E-state index in [9.17, 15) is 9.90 Å². The van der Waals surface area contributed by atoms with Gasteiger partial charge in [0.05, 0.1) is 7.11 Å². The second-order valence-corrected chi connectivity index (χ2v) is 3.67. The van der Waals surface area contributed by atoms with Crippen molar-refractivity contribution in [1.82, 2.24) is 0 Å². The first-order valence-corrected chi connectivity index (χ1v) is 4.76. The summed E-state index contributed by atoms with van der Waals surface area (Å²) in [7, 11) is 3.24. The first-order valence-electron chi connectivity index (χ1n) is 4.76. The molecule has 1 atom stereocenters. The zero-order chi connectivity index (χ0) is 11.0. The third-order valence-electron chi connectivity index (χ3n) is 2.80. The van der Waals surface area contributed by atoms with Crippen LogP contribution in [0.15, 0.2) is 18.2 Å². The molecule has 4 heteroatoms. The molecule has 1 aliphatic rings. The molecule has 1 aromatic carbocycles. The topological polar surface area (TPSA) is 49.8 Å². The number of rotatable bonds is 1. The van der Waals surface area contributed by atoms with Gasteiger partial charge in [-0.1, -0.05) is 0 Å². The third-order valence-corrected chi connectivity index (χ3v) is 2.80. The molecule has 0 amide bonds. The summed E-state index contributed by atoms with van der Waals surface area (Å²) in [5.74, 6) is -0.0131. The van der Waals surface area contributed by atoms with Crippen LogP contribution in [0.25, 0.3) is 0 Å². The largest absolute Gasteiger partial charge is 0.508 e. The van der Waals surface area contributed by atoms with Crippen LogP contribution in [-0.2, 0) is 16.0 Å². The Balaban J connectivity index is 2.32. The van der Waals surface area contributed by atoms with Crippen LogP contribution >= 0.6 is 0 Å². The standard InChI is InChI=1S/C11H13NO3/c1-12-9-4-3-8(13)5-7(9)6-10(12)11(14)15-2/h3-5,10,13H,6H2,1-2H3. The quantitative estimate of drug-likeness (QED) is 0.696. The van der Waals surface area contributed by atoms with E-state index < -0.39 is 0 Å². The molecule has 0 saturated heterocycles. The number of ether oxygens (including phenoxy) is 1. The highest BCUT2D eigenvalue weighted by molar-refractivity contribution is 5.83. The van der Waals surface area contributed by atoms with Crippen LogP contribution in [0.4, 0.5) is 5.69 Å². The lowest BCUT2D eigenvalue weighted by Gasteiger charge is -2.19. The molecule has 4 nitrogen and oxygen atoms in total. The second-order valence-electron chi connectivity index (χ2n) is 3.67. The number of phenols is 1. The molecule has 2 rings (SSSR count). The number of aromatic hydroxyl groups is 1. The fraction of sp³-hybridized carbons (Fsp3) is 0.364. The highest BCUT2D eigenvalue weighted by atomic mass is 16.5. The number of esters is 1. The number of anilines is 1. The van der Waals surface area contributed by atoms with E-state index in [-0.39, 0.29) is 17.8 Å². The lowest BCUT2D eigenvalue weighted by Crippen LogP contribution is -2.36. The number of nitrogens with zero attached hydrogens (tertiary/aromatic N) is 1. The molecule has 15 heavy (non-hydrogen) atoms. The van der Waals surface area contributed by atoms with Gasteiger partial charge in [-0.05, 0) is 23.8 Å². The van der Waals surface area contributed by atoms with E-state index in [4.69, 9.17) is 4.74 Å². The van der Waals surface area contributed by atoms with Gasteiger partial charge in [-0.15, -0.1) is 0 Å². The molecular formula is C11H13NO3.